The van der Waals surface area contributed by atoms with Gasteiger partial charge in [-0.15, -0.1) is 0 Å². The van der Waals surface area contributed by atoms with Crippen LogP contribution >= 0.6 is 0 Å². The molecule has 0 saturated carbocycles. The van der Waals surface area contributed by atoms with Crippen LogP contribution in [0.4, 0.5) is 0 Å². The zero-order valence-electron chi connectivity index (χ0n) is 4.54. The number of hydrogen-bond donors (Lipinski definition) is 0. The lowest BCUT2D eigenvalue weighted by atomic mass is 10.3. The fourth-order valence-corrected chi connectivity index (χ4v) is 0.304. The van der Waals surface area contributed by atoms with E-state index in [0.717, 1.165) is 12.6 Å². The van der Waals surface area contributed by atoms with Crippen molar-refractivity contribution in [2.75, 3.05) is 0 Å². The Labute approximate surface area is 48.2 Å². The highest BCUT2D eigenvalue weighted by Crippen LogP contribution is 1.79. The highest BCUT2D eigenvalue weighted by molar-refractivity contribution is 5.54. The summed E-state index contributed by atoms with van der Waals surface area (Å²) in [5.41, 5.74) is 0. The largest absolute Gasteiger partial charge is 0.303 e. The molecule has 2 heteroatoms. The van der Waals surface area contributed by atoms with Crippen molar-refractivity contribution < 1.29 is 9.59 Å². The summed E-state index contributed by atoms with van der Waals surface area (Å²) in [6.45, 7) is 0. The van der Waals surface area contributed by atoms with Gasteiger partial charge in [0.25, 0.3) is 0 Å². The fourth-order valence-electron chi connectivity index (χ4n) is 0.304. The minimum Gasteiger partial charge on any atom is -0.303 e. The standard InChI is InChI=1S/C6H8O2/c7-5-3-1-2-4-6-8/h1-2,5-6H,3-4H2/b2-1+. The highest BCUT2D eigenvalue weighted by Gasteiger charge is 1.71. The van der Waals surface area contributed by atoms with Crippen molar-refractivity contribution in [1.82, 2.24) is 0 Å². The molecule has 0 aromatic carbocycles. The Morgan fingerprint density at radius 3 is 1.50 bits per heavy atom. The van der Waals surface area contributed by atoms with Crippen LogP contribution < -0.4 is 0 Å². The van der Waals surface area contributed by atoms with E-state index < -0.39 is 0 Å². The van der Waals surface area contributed by atoms with Crippen LogP contribution in [0.25, 0.3) is 0 Å². The van der Waals surface area contributed by atoms with Gasteiger partial charge in [0.15, 0.2) is 0 Å². The molecule has 0 rings (SSSR count). The third-order valence-corrected chi connectivity index (χ3v) is 0.631. The first-order chi connectivity index (χ1) is 3.91. The molecule has 0 amide bonds. The molecule has 0 N–H and O–H groups in total. The lowest BCUT2D eigenvalue weighted by Gasteiger charge is -1.72. The van der Waals surface area contributed by atoms with Gasteiger partial charge in [0.1, 0.15) is 12.6 Å². The molecule has 0 aliphatic rings. The Morgan fingerprint density at radius 2 is 1.25 bits per heavy atom. The Hall–Kier alpha value is -0.920. The summed E-state index contributed by atoms with van der Waals surface area (Å²) in [6.07, 6.45) is 5.74. The zero-order valence-corrected chi connectivity index (χ0v) is 4.54. The van der Waals surface area contributed by atoms with E-state index in [4.69, 9.17) is 0 Å². The van der Waals surface area contributed by atoms with Crippen LogP contribution in [0.3, 0.4) is 0 Å². The van der Waals surface area contributed by atoms with Crippen molar-refractivity contribution in [2.24, 2.45) is 0 Å². The third-order valence-electron chi connectivity index (χ3n) is 0.631. The average molecular weight is 112 g/mol. The smallest absolute Gasteiger partial charge is 0.123 e. The van der Waals surface area contributed by atoms with Gasteiger partial charge in [-0.25, -0.2) is 0 Å². The Kier molecular flexibility index (Phi) is 5.38. The molecule has 0 aromatic heterocycles. The summed E-state index contributed by atoms with van der Waals surface area (Å²) in [6, 6.07) is 0. The molecule has 44 valence electrons. The minimum atomic E-state index is 0.411. The Bertz CT molecular complexity index is 82.7. The molecule has 0 aliphatic carbocycles. The fraction of sp³-hybridized carbons (Fsp3) is 0.333. The van der Waals surface area contributed by atoms with Crippen LogP contribution in [-0.2, 0) is 9.59 Å². The zero-order chi connectivity index (χ0) is 6.24. The van der Waals surface area contributed by atoms with Gasteiger partial charge in [-0.05, 0) is 0 Å². The molecule has 0 heterocycles. The molecule has 0 spiro atoms. The van der Waals surface area contributed by atoms with E-state index in [1.165, 1.54) is 0 Å². The molecule has 2 nitrogen and oxygen atoms in total. The SMILES string of the molecule is O=CC/C=C/CC=O. The number of hydrogen-bond acceptors (Lipinski definition) is 2. The molecule has 0 bridgehead atoms. The number of aldehydes is 2. The van der Waals surface area contributed by atoms with E-state index in [1.807, 2.05) is 0 Å². The summed E-state index contributed by atoms with van der Waals surface area (Å²) in [7, 11) is 0. The van der Waals surface area contributed by atoms with Crippen molar-refractivity contribution in [2.45, 2.75) is 12.8 Å². The first kappa shape index (κ1) is 7.08. The van der Waals surface area contributed by atoms with Crippen LogP contribution in [0.15, 0.2) is 12.2 Å². The first-order valence-corrected chi connectivity index (χ1v) is 2.44. The second-order valence-corrected chi connectivity index (χ2v) is 1.28. The van der Waals surface area contributed by atoms with Crippen LogP contribution in [0, 0.1) is 0 Å². The minimum absolute atomic E-state index is 0.411. The van der Waals surface area contributed by atoms with Crippen LogP contribution in [-0.4, -0.2) is 12.6 Å². The molecular formula is C6H8O2. The van der Waals surface area contributed by atoms with Crippen molar-refractivity contribution in [3.8, 4) is 0 Å². The van der Waals surface area contributed by atoms with Gasteiger partial charge in [0.05, 0.1) is 0 Å². The summed E-state index contributed by atoms with van der Waals surface area (Å²) in [4.78, 5) is 19.3. The molecule has 0 aliphatic heterocycles. The van der Waals surface area contributed by atoms with E-state index in [9.17, 15) is 9.59 Å². The van der Waals surface area contributed by atoms with Gasteiger partial charge in [0, 0.05) is 12.8 Å². The molecule has 0 aromatic rings. The number of carbonyl (C=O) groups excluding carboxylic acids is 2. The predicted molar refractivity (Wildman–Crippen MR) is 30.5 cm³/mol. The van der Waals surface area contributed by atoms with Crippen molar-refractivity contribution in [3.05, 3.63) is 12.2 Å². The van der Waals surface area contributed by atoms with E-state index >= 15 is 0 Å². The maximum atomic E-state index is 9.63. The van der Waals surface area contributed by atoms with Crippen LogP contribution in [0.1, 0.15) is 12.8 Å². The van der Waals surface area contributed by atoms with Crippen molar-refractivity contribution >= 4 is 12.6 Å². The average Bonchev–Trinajstić information content (AvgIpc) is 1.81. The van der Waals surface area contributed by atoms with Gasteiger partial charge in [-0.1, -0.05) is 12.2 Å². The molecule has 0 saturated heterocycles. The molecule has 8 heavy (non-hydrogen) atoms. The van der Waals surface area contributed by atoms with Crippen LogP contribution in [0.5, 0.6) is 0 Å². The number of carbonyl (C=O) groups is 2. The summed E-state index contributed by atoms with van der Waals surface area (Å²) in [5.74, 6) is 0. The van der Waals surface area contributed by atoms with Gasteiger partial charge < -0.3 is 9.59 Å². The highest BCUT2D eigenvalue weighted by atomic mass is 16.1. The van der Waals surface area contributed by atoms with E-state index in [1.54, 1.807) is 12.2 Å². The maximum absolute atomic E-state index is 9.63. The normalized spacial score (nSPS) is 9.50. The number of allylic oxidation sites excluding steroid dienone is 2. The molecule has 0 radical (unpaired) electrons. The second-order valence-electron chi connectivity index (χ2n) is 1.28. The maximum Gasteiger partial charge on any atom is 0.123 e. The molecule has 0 unspecified atom stereocenters. The van der Waals surface area contributed by atoms with Crippen molar-refractivity contribution in [1.29, 1.82) is 0 Å². The first-order valence-electron chi connectivity index (χ1n) is 2.44. The van der Waals surface area contributed by atoms with Gasteiger partial charge in [0.2, 0.25) is 0 Å². The number of rotatable bonds is 4. The lowest BCUT2D eigenvalue weighted by molar-refractivity contribution is -0.108. The topological polar surface area (TPSA) is 34.1 Å². The molecular weight excluding hydrogens is 104 g/mol. The quantitative estimate of drug-likeness (QED) is 0.396. The molecule has 0 fully saturated rings. The van der Waals surface area contributed by atoms with E-state index in [-0.39, 0.29) is 0 Å². The predicted octanol–water partition coefficient (Wildman–Crippen LogP) is 0.721. The van der Waals surface area contributed by atoms with E-state index in [2.05, 4.69) is 0 Å². The second kappa shape index (κ2) is 6.08. The van der Waals surface area contributed by atoms with Gasteiger partial charge in [-0.2, -0.15) is 0 Å². The Morgan fingerprint density at radius 1 is 0.875 bits per heavy atom. The molecule has 0 atom stereocenters. The third kappa shape index (κ3) is 5.08. The van der Waals surface area contributed by atoms with E-state index in [0.29, 0.717) is 12.8 Å². The summed E-state index contributed by atoms with van der Waals surface area (Å²) >= 11 is 0. The van der Waals surface area contributed by atoms with Gasteiger partial charge >= 0.3 is 0 Å². The summed E-state index contributed by atoms with van der Waals surface area (Å²) in [5, 5.41) is 0. The van der Waals surface area contributed by atoms with Crippen molar-refractivity contribution in [3.63, 3.8) is 0 Å². The Balaban J connectivity index is 3.06. The van der Waals surface area contributed by atoms with Gasteiger partial charge in [-0.3, -0.25) is 0 Å². The van der Waals surface area contributed by atoms with Crippen LogP contribution in [0.2, 0.25) is 0 Å². The lowest BCUT2D eigenvalue weighted by Crippen LogP contribution is -1.68. The monoisotopic (exact) mass is 112 g/mol. The summed E-state index contributed by atoms with van der Waals surface area (Å²) < 4.78 is 0.